The van der Waals surface area contributed by atoms with E-state index in [1.807, 2.05) is 0 Å². The molecule has 0 radical (unpaired) electrons. The Labute approximate surface area is 91.5 Å². The largest absolute Gasteiger partial charge is 0.0651 e. The monoisotopic (exact) mass is 198 g/mol. The summed E-state index contributed by atoms with van der Waals surface area (Å²) in [6, 6.07) is 0. The van der Waals surface area contributed by atoms with E-state index in [1.165, 1.54) is 19.3 Å². The van der Waals surface area contributed by atoms with Gasteiger partial charge in [0.25, 0.3) is 0 Å². The molecule has 0 spiro atoms. The zero-order valence-corrected chi connectivity index (χ0v) is 11.4. The molecule has 0 aliphatic heterocycles. The molecular weight excluding hydrogens is 168 g/mol. The zero-order valence-electron chi connectivity index (χ0n) is 11.4. The fourth-order valence-corrected chi connectivity index (χ4v) is 3.08. The summed E-state index contributed by atoms with van der Waals surface area (Å²) in [6.45, 7) is 16.6. The van der Waals surface area contributed by atoms with Crippen LogP contribution in [0.3, 0.4) is 0 Å². The molecule has 2 atom stereocenters. The van der Waals surface area contributed by atoms with Crippen LogP contribution >= 0.6 is 0 Å². The van der Waals surface area contributed by atoms with Crippen molar-refractivity contribution in [2.24, 2.45) is 23.2 Å². The molecule has 0 aromatic rings. The van der Waals surface area contributed by atoms with Crippen LogP contribution in [0, 0.1) is 23.2 Å². The van der Waals surface area contributed by atoms with Crippen LogP contribution in [-0.2, 0) is 0 Å². The highest BCUT2D eigenvalue weighted by Crippen LogP contribution is 2.41. The zero-order chi connectivity index (χ0) is 11.4. The van der Waals surface area contributed by atoms with Crippen LogP contribution in [-0.4, -0.2) is 0 Å². The summed E-state index contributed by atoms with van der Waals surface area (Å²) in [6.07, 6.45) is 3.99. The Morgan fingerprint density at radius 3 is 1.50 bits per heavy atom. The van der Waals surface area contributed by atoms with E-state index in [0.717, 1.165) is 17.8 Å². The third-order valence-corrected chi connectivity index (χ3v) is 3.81. The van der Waals surface area contributed by atoms with Crippen LogP contribution in [0.25, 0.3) is 0 Å². The SMILES string of the molecule is CCC(C)C(C(CC)CC)C(C)(C)C. The van der Waals surface area contributed by atoms with Gasteiger partial charge in [0.1, 0.15) is 0 Å². The van der Waals surface area contributed by atoms with Crippen LogP contribution in [0.1, 0.15) is 67.7 Å². The van der Waals surface area contributed by atoms with Crippen molar-refractivity contribution in [1.82, 2.24) is 0 Å². The molecule has 0 N–H and O–H groups in total. The van der Waals surface area contributed by atoms with Crippen molar-refractivity contribution in [3.8, 4) is 0 Å². The van der Waals surface area contributed by atoms with Gasteiger partial charge in [0.2, 0.25) is 0 Å². The van der Waals surface area contributed by atoms with Crippen LogP contribution in [0.5, 0.6) is 0 Å². The Balaban J connectivity index is 4.70. The average molecular weight is 198 g/mol. The van der Waals surface area contributed by atoms with E-state index in [-0.39, 0.29) is 0 Å². The van der Waals surface area contributed by atoms with Gasteiger partial charge in [0.15, 0.2) is 0 Å². The van der Waals surface area contributed by atoms with Crippen molar-refractivity contribution in [3.05, 3.63) is 0 Å². The molecular formula is C14H30. The van der Waals surface area contributed by atoms with Gasteiger partial charge in [0, 0.05) is 0 Å². The molecule has 0 heterocycles. The lowest BCUT2D eigenvalue weighted by Crippen LogP contribution is -2.33. The molecule has 0 fully saturated rings. The molecule has 0 nitrogen and oxygen atoms in total. The predicted molar refractivity (Wildman–Crippen MR) is 66.5 cm³/mol. The first-order valence-corrected chi connectivity index (χ1v) is 6.38. The summed E-state index contributed by atoms with van der Waals surface area (Å²) in [7, 11) is 0. The molecule has 0 bridgehead atoms. The lowest BCUT2D eigenvalue weighted by Gasteiger charge is -2.40. The lowest BCUT2D eigenvalue weighted by atomic mass is 9.65. The highest BCUT2D eigenvalue weighted by atomic mass is 14.4. The second kappa shape index (κ2) is 5.78. The maximum Gasteiger partial charge on any atom is -0.0311 e. The predicted octanol–water partition coefficient (Wildman–Crippen LogP) is 5.13. The third-order valence-electron chi connectivity index (χ3n) is 3.81. The van der Waals surface area contributed by atoms with Gasteiger partial charge < -0.3 is 0 Å². The Kier molecular flexibility index (Phi) is 5.78. The van der Waals surface area contributed by atoms with Crippen LogP contribution in [0.4, 0.5) is 0 Å². The topological polar surface area (TPSA) is 0 Å². The maximum atomic E-state index is 2.42. The first-order valence-electron chi connectivity index (χ1n) is 6.38. The number of hydrogen-bond donors (Lipinski definition) is 0. The Morgan fingerprint density at radius 2 is 1.29 bits per heavy atom. The summed E-state index contributed by atoms with van der Waals surface area (Å²) < 4.78 is 0. The molecule has 0 aromatic heterocycles. The number of rotatable bonds is 5. The van der Waals surface area contributed by atoms with E-state index in [4.69, 9.17) is 0 Å². The average Bonchev–Trinajstić information content (AvgIpc) is 2.10. The fraction of sp³-hybridized carbons (Fsp3) is 1.00. The van der Waals surface area contributed by atoms with E-state index in [0.29, 0.717) is 5.41 Å². The minimum atomic E-state index is 0.464. The fourth-order valence-electron chi connectivity index (χ4n) is 3.08. The van der Waals surface area contributed by atoms with E-state index >= 15 is 0 Å². The lowest BCUT2D eigenvalue weighted by molar-refractivity contribution is 0.0885. The highest BCUT2D eigenvalue weighted by Gasteiger charge is 2.33. The summed E-state index contributed by atoms with van der Waals surface area (Å²) >= 11 is 0. The quantitative estimate of drug-likeness (QED) is 0.574. The van der Waals surface area contributed by atoms with Crippen molar-refractivity contribution in [2.45, 2.75) is 67.7 Å². The van der Waals surface area contributed by atoms with Gasteiger partial charge in [-0.2, -0.15) is 0 Å². The summed E-state index contributed by atoms with van der Waals surface area (Å²) in [5.41, 5.74) is 0.464. The smallest absolute Gasteiger partial charge is 0.0311 e. The molecule has 0 heteroatoms. The molecule has 86 valence electrons. The van der Waals surface area contributed by atoms with Crippen LogP contribution in [0.2, 0.25) is 0 Å². The third kappa shape index (κ3) is 3.63. The molecule has 2 unspecified atom stereocenters. The summed E-state index contributed by atoms with van der Waals surface area (Å²) in [4.78, 5) is 0. The molecule has 0 aromatic carbocycles. The van der Waals surface area contributed by atoms with Gasteiger partial charge in [-0.15, -0.1) is 0 Å². The van der Waals surface area contributed by atoms with Gasteiger partial charge in [-0.3, -0.25) is 0 Å². The minimum absolute atomic E-state index is 0.464. The molecule has 0 saturated carbocycles. The van der Waals surface area contributed by atoms with E-state index < -0.39 is 0 Å². The minimum Gasteiger partial charge on any atom is -0.0651 e. The van der Waals surface area contributed by atoms with Gasteiger partial charge in [-0.05, 0) is 23.2 Å². The van der Waals surface area contributed by atoms with Crippen molar-refractivity contribution in [1.29, 1.82) is 0 Å². The Bertz CT molecular complexity index is 137. The molecule has 14 heavy (non-hydrogen) atoms. The second-order valence-corrected chi connectivity index (χ2v) is 5.85. The maximum absolute atomic E-state index is 2.42. The molecule has 0 aliphatic rings. The van der Waals surface area contributed by atoms with Crippen molar-refractivity contribution >= 4 is 0 Å². The van der Waals surface area contributed by atoms with E-state index in [1.54, 1.807) is 0 Å². The molecule has 0 rings (SSSR count). The Hall–Kier alpha value is 0. The standard InChI is InChI=1S/C14H30/c1-8-11(4)13(14(5,6)7)12(9-2)10-3/h11-13H,8-10H2,1-7H3. The summed E-state index contributed by atoms with van der Waals surface area (Å²) in [5, 5.41) is 0. The summed E-state index contributed by atoms with van der Waals surface area (Å²) in [5.74, 6) is 2.65. The van der Waals surface area contributed by atoms with Crippen LogP contribution < -0.4 is 0 Å². The van der Waals surface area contributed by atoms with E-state index in [9.17, 15) is 0 Å². The van der Waals surface area contributed by atoms with Crippen molar-refractivity contribution in [3.63, 3.8) is 0 Å². The van der Waals surface area contributed by atoms with Gasteiger partial charge in [0.05, 0.1) is 0 Å². The number of hydrogen-bond acceptors (Lipinski definition) is 0. The Morgan fingerprint density at radius 1 is 0.857 bits per heavy atom. The first-order chi connectivity index (χ1) is 6.38. The van der Waals surface area contributed by atoms with Gasteiger partial charge in [-0.25, -0.2) is 0 Å². The van der Waals surface area contributed by atoms with Crippen molar-refractivity contribution < 1.29 is 0 Å². The van der Waals surface area contributed by atoms with Crippen molar-refractivity contribution in [2.75, 3.05) is 0 Å². The first kappa shape index (κ1) is 14.0. The van der Waals surface area contributed by atoms with Gasteiger partial charge >= 0.3 is 0 Å². The molecule has 0 amide bonds. The molecule has 0 saturated heterocycles. The molecule has 0 aliphatic carbocycles. The normalized spacial score (nSPS) is 17.1. The second-order valence-electron chi connectivity index (χ2n) is 5.85. The van der Waals surface area contributed by atoms with Crippen LogP contribution in [0.15, 0.2) is 0 Å². The van der Waals surface area contributed by atoms with Gasteiger partial charge in [-0.1, -0.05) is 67.7 Å². The van der Waals surface area contributed by atoms with E-state index in [2.05, 4.69) is 48.5 Å². The highest BCUT2D eigenvalue weighted by molar-refractivity contribution is 4.82.